The van der Waals surface area contributed by atoms with Crippen LogP contribution in [0.15, 0.2) is 17.3 Å². The molecule has 4 heterocycles. The highest BCUT2D eigenvalue weighted by atomic mass is 16.3. The van der Waals surface area contributed by atoms with Gasteiger partial charge >= 0.3 is 0 Å². The Morgan fingerprint density at radius 3 is 2.67 bits per heavy atom. The molecule has 196 valence electrons. The average Bonchev–Trinajstić information content (AvgIpc) is 3.35. The molecular formula is C27H41N7O2. The van der Waals surface area contributed by atoms with Gasteiger partial charge in [0.15, 0.2) is 5.96 Å². The predicted molar refractivity (Wildman–Crippen MR) is 144 cm³/mol. The number of hydrogen-bond acceptors (Lipinski definition) is 7. The van der Waals surface area contributed by atoms with Crippen LogP contribution in [0.3, 0.4) is 0 Å². The highest BCUT2D eigenvalue weighted by molar-refractivity contribution is 6.07. The van der Waals surface area contributed by atoms with E-state index in [9.17, 15) is 9.90 Å². The molecule has 1 saturated carbocycles. The molecule has 9 heteroatoms. The number of likely N-dealkylation sites (tertiary alicyclic amines) is 1. The number of carbonyl (C=O) groups is 1. The molecule has 1 saturated heterocycles. The van der Waals surface area contributed by atoms with Gasteiger partial charge in [-0.05, 0) is 63.4 Å². The number of aromatic amines is 1. The molecule has 0 bridgehead atoms. The van der Waals surface area contributed by atoms with Crippen molar-refractivity contribution in [3.05, 3.63) is 23.5 Å². The Kier molecular flexibility index (Phi) is 7.65. The summed E-state index contributed by atoms with van der Waals surface area (Å²) in [5.74, 6) is 1.33. The SMILES string of the molecule is CCC(C)c1cc2c(NC3CCC(O)CC3)c(C(=O)NC3CCN(C4=NCCCN4)CC3)cnc2[nH]1. The zero-order valence-corrected chi connectivity index (χ0v) is 21.6. The number of rotatable bonds is 6. The number of carbonyl (C=O) groups excluding carboxylic acids is 1. The van der Waals surface area contributed by atoms with Gasteiger partial charge in [-0.25, -0.2) is 4.98 Å². The molecule has 2 aliphatic heterocycles. The minimum Gasteiger partial charge on any atom is -0.393 e. The molecule has 1 amide bonds. The quantitative estimate of drug-likeness (QED) is 0.420. The fourth-order valence-corrected chi connectivity index (χ4v) is 5.56. The summed E-state index contributed by atoms with van der Waals surface area (Å²) in [7, 11) is 0. The lowest BCUT2D eigenvalue weighted by Crippen LogP contribution is -2.51. The largest absolute Gasteiger partial charge is 0.393 e. The first-order chi connectivity index (χ1) is 17.5. The van der Waals surface area contributed by atoms with Crippen molar-refractivity contribution >= 4 is 28.6 Å². The third-order valence-corrected chi connectivity index (χ3v) is 8.12. The maximum atomic E-state index is 13.6. The molecule has 3 aliphatic rings. The average molecular weight is 496 g/mol. The lowest BCUT2D eigenvalue weighted by molar-refractivity contribution is 0.0922. The summed E-state index contributed by atoms with van der Waals surface area (Å²) in [4.78, 5) is 28.6. The standard InChI is InChI=1S/C27H41N7O2/c1-3-17(2)23-15-21-24(31-18-5-7-20(35)8-6-18)22(16-30-25(21)33-23)26(36)32-19-9-13-34(14-10-19)27-28-11-4-12-29-27/h15-20,35H,3-14H2,1-2H3,(H,28,29)(H,32,36)(H2,30,31,33). The normalized spacial score (nSPS) is 24.2. The summed E-state index contributed by atoms with van der Waals surface area (Å²) in [6.45, 7) is 8.03. The number of fused-ring (bicyclic) bond motifs is 1. The molecule has 36 heavy (non-hydrogen) atoms. The maximum Gasteiger partial charge on any atom is 0.255 e. The van der Waals surface area contributed by atoms with Gasteiger partial charge in [0.25, 0.3) is 5.91 Å². The first-order valence-corrected chi connectivity index (χ1v) is 13.8. The maximum absolute atomic E-state index is 13.6. The topological polar surface area (TPSA) is 118 Å². The fourth-order valence-electron chi connectivity index (χ4n) is 5.56. The third-order valence-electron chi connectivity index (χ3n) is 8.12. The first-order valence-electron chi connectivity index (χ1n) is 13.8. The highest BCUT2D eigenvalue weighted by Gasteiger charge is 2.27. The van der Waals surface area contributed by atoms with Crippen LogP contribution in [0.25, 0.3) is 11.0 Å². The molecule has 2 aromatic heterocycles. The molecule has 9 nitrogen and oxygen atoms in total. The number of anilines is 1. The summed E-state index contributed by atoms with van der Waals surface area (Å²) >= 11 is 0. The number of nitrogens with zero attached hydrogens (tertiary/aromatic N) is 3. The zero-order valence-electron chi connectivity index (χ0n) is 21.6. The van der Waals surface area contributed by atoms with Crippen molar-refractivity contribution in [2.75, 3.05) is 31.5 Å². The van der Waals surface area contributed by atoms with Crippen molar-refractivity contribution in [2.24, 2.45) is 4.99 Å². The van der Waals surface area contributed by atoms with E-state index in [4.69, 9.17) is 0 Å². The number of nitrogens with one attached hydrogen (secondary N) is 4. The summed E-state index contributed by atoms with van der Waals surface area (Å²) in [6.07, 6.45) is 8.78. The van der Waals surface area contributed by atoms with E-state index < -0.39 is 0 Å². The number of piperidine rings is 1. The van der Waals surface area contributed by atoms with Crippen molar-refractivity contribution in [1.82, 2.24) is 25.5 Å². The Morgan fingerprint density at radius 2 is 1.97 bits per heavy atom. The third kappa shape index (κ3) is 5.45. The summed E-state index contributed by atoms with van der Waals surface area (Å²) in [5.41, 5.74) is 3.42. The second-order valence-corrected chi connectivity index (χ2v) is 10.7. The van der Waals surface area contributed by atoms with E-state index in [0.717, 1.165) is 106 Å². The van der Waals surface area contributed by atoms with Crippen LogP contribution in [0.2, 0.25) is 0 Å². The molecule has 1 atom stereocenters. The van der Waals surface area contributed by atoms with Gasteiger partial charge < -0.3 is 30.9 Å². The van der Waals surface area contributed by atoms with Gasteiger partial charge in [-0.3, -0.25) is 9.79 Å². The van der Waals surface area contributed by atoms with Gasteiger partial charge in [0.1, 0.15) is 5.65 Å². The van der Waals surface area contributed by atoms with E-state index in [1.54, 1.807) is 6.20 Å². The van der Waals surface area contributed by atoms with Gasteiger partial charge in [-0.15, -0.1) is 0 Å². The Balaban J connectivity index is 1.33. The number of H-pyrrole nitrogens is 1. The van der Waals surface area contributed by atoms with Crippen LogP contribution < -0.4 is 16.0 Å². The summed E-state index contributed by atoms with van der Waals surface area (Å²) in [6, 6.07) is 2.52. The van der Waals surface area contributed by atoms with E-state index in [-0.39, 0.29) is 24.1 Å². The number of pyridine rings is 1. The fraction of sp³-hybridized carbons (Fsp3) is 0.667. The van der Waals surface area contributed by atoms with Crippen molar-refractivity contribution in [1.29, 1.82) is 0 Å². The molecule has 0 aromatic carbocycles. The Bertz CT molecular complexity index is 1080. The van der Waals surface area contributed by atoms with Gasteiger partial charge in [0.2, 0.25) is 0 Å². The lowest BCUT2D eigenvalue weighted by Gasteiger charge is -2.35. The second kappa shape index (κ2) is 11.1. The second-order valence-electron chi connectivity index (χ2n) is 10.7. The van der Waals surface area contributed by atoms with Crippen LogP contribution in [0.1, 0.15) is 87.2 Å². The number of aliphatic hydroxyl groups is 1. The summed E-state index contributed by atoms with van der Waals surface area (Å²) < 4.78 is 0. The van der Waals surface area contributed by atoms with Crippen LogP contribution in [0.5, 0.6) is 0 Å². The van der Waals surface area contributed by atoms with Gasteiger partial charge in [-0.1, -0.05) is 13.8 Å². The summed E-state index contributed by atoms with van der Waals surface area (Å²) in [5, 5.41) is 21.3. The molecule has 5 N–H and O–H groups in total. The molecule has 1 unspecified atom stereocenters. The molecule has 0 spiro atoms. The lowest BCUT2D eigenvalue weighted by atomic mass is 9.92. The van der Waals surface area contributed by atoms with Crippen LogP contribution in [-0.2, 0) is 0 Å². The number of aliphatic imine (C=N–C) groups is 1. The molecule has 1 aliphatic carbocycles. The molecule has 0 radical (unpaired) electrons. The van der Waals surface area contributed by atoms with Crippen LogP contribution >= 0.6 is 0 Å². The highest BCUT2D eigenvalue weighted by Crippen LogP contribution is 2.33. The van der Waals surface area contributed by atoms with Gasteiger partial charge in [0.05, 0.1) is 17.4 Å². The van der Waals surface area contributed by atoms with E-state index in [2.05, 4.69) is 55.7 Å². The first kappa shape index (κ1) is 24.9. The van der Waals surface area contributed by atoms with E-state index >= 15 is 0 Å². The van der Waals surface area contributed by atoms with Crippen LogP contribution in [-0.4, -0.2) is 76.2 Å². The van der Waals surface area contributed by atoms with E-state index in [0.29, 0.717) is 11.5 Å². The Hall–Kier alpha value is -2.81. The molecular weight excluding hydrogens is 454 g/mol. The van der Waals surface area contributed by atoms with Crippen LogP contribution in [0.4, 0.5) is 5.69 Å². The Labute approximate surface area is 213 Å². The van der Waals surface area contributed by atoms with Crippen molar-refractivity contribution in [2.45, 2.75) is 89.3 Å². The van der Waals surface area contributed by atoms with Crippen LogP contribution in [0, 0.1) is 0 Å². The minimum absolute atomic E-state index is 0.0689. The minimum atomic E-state index is -0.215. The molecule has 2 aromatic rings. The number of amides is 1. The van der Waals surface area contributed by atoms with Crippen molar-refractivity contribution in [3.63, 3.8) is 0 Å². The molecule has 2 fully saturated rings. The zero-order chi connectivity index (χ0) is 25.1. The van der Waals surface area contributed by atoms with Gasteiger partial charge in [0, 0.05) is 55.5 Å². The van der Waals surface area contributed by atoms with Crippen molar-refractivity contribution < 1.29 is 9.90 Å². The molecule has 5 rings (SSSR count). The van der Waals surface area contributed by atoms with Gasteiger partial charge in [-0.2, -0.15) is 0 Å². The monoisotopic (exact) mass is 495 g/mol. The number of guanidine groups is 1. The van der Waals surface area contributed by atoms with E-state index in [1.807, 2.05) is 0 Å². The smallest absolute Gasteiger partial charge is 0.255 e. The number of hydrogen-bond donors (Lipinski definition) is 5. The number of aromatic nitrogens is 2. The Morgan fingerprint density at radius 1 is 1.19 bits per heavy atom. The number of aliphatic hydroxyl groups excluding tert-OH is 1. The predicted octanol–water partition coefficient (Wildman–Crippen LogP) is 3.34. The van der Waals surface area contributed by atoms with Crippen molar-refractivity contribution in [3.8, 4) is 0 Å². The van der Waals surface area contributed by atoms with E-state index in [1.165, 1.54) is 0 Å².